The van der Waals surface area contributed by atoms with Crippen LogP contribution in [0.1, 0.15) is 17.5 Å². The lowest BCUT2D eigenvalue weighted by molar-refractivity contribution is -0.0352. The first kappa shape index (κ1) is 13.9. The van der Waals surface area contributed by atoms with Gasteiger partial charge >= 0.3 is 0 Å². The molecule has 0 spiro atoms. The summed E-state index contributed by atoms with van der Waals surface area (Å²) < 4.78 is 18.6. The van der Waals surface area contributed by atoms with Crippen LogP contribution < -0.4 is 5.73 Å². The van der Waals surface area contributed by atoms with Crippen molar-refractivity contribution < 1.29 is 9.13 Å². The molecule has 3 heterocycles. The smallest absolute Gasteiger partial charge is 0.141 e. The molecule has 2 aromatic rings. The van der Waals surface area contributed by atoms with Crippen LogP contribution in [-0.4, -0.2) is 34.6 Å². The van der Waals surface area contributed by atoms with Crippen molar-refractivity contribution in [1.82, 2.24) is 14.9 Å². The molecule has 0 saturated carbocycles. The zero-order chi connectivity index (χ0) is 14.7. The van der Waals surface area contributed by atoms with E-state index in [2.05, 4.69) is 14.9 Å². The summed E-state index contributed by atoms with van der Waals surface area (Å²) in [6, 6.07) is 8.69. The van der Waals surface area contributed by atoms with Crippen LogP contribution in [0.3, 0.4) is 0 Å². The van der Waals surface area contributed by atoms with Gasteiger partial charge in [-0.25, -0.2) is 9.37 Å². The third-order valence-corrected chi connectivity index (χ3v) is 3.45. The highest BCUT2D eigenvalue weighted by Gasteiger charge is 2.23. The Labute approximate surface area is 122 Å². The fourth-order valence-electron chi connectivity index (χ4n) is 2.40. The SMILES string of the molecule is Nc1cccc([C@H]2CN(Cc3ccc(F)cn3)CCO2)n1. The minimum Gasteiger partial charge on any atom is -0.384 e. The number of rotatable bonds is 3. The van der Waals surface area contributed by atoms with Crippen molar-refractivity contribution in [1.29, 1.82) is 0 Å². The molecule has 1 atom stereocenters. The Hall–Kier alpha value is -2.05. The van der Waals surface area contributed by atoms with Crippen LogP contribution in [0, 0.1) is 5.82 Å². The molecule has 0 bridgehead atoms. The molecule has 110 valence electrons. The molecule has 0 aliphatic carbocycles. The summed E-state index contributed by atoms with van der Waals surface area (Å²) in [5.74, 6) is 0.177. The van der Waals surface area contributed by atoms with E-state index in [-0.39, 0.29) is 11.9 Å². The number of nitrogens with zero attached hydrogens (tertiary/aromatic N) is 3. The highest BCUT2D eigenvalue weighted by atomic mass is 19.1. The van der Waals surface area contributed by atoms with Gasteiger partial charge in [-0.05, 0) is 24.3 Å². The minimum atomic E-state index is -0.317. The lowest BCUT2D eigenvalue weighted by Crippen LogP contribution is -2.38. The van der Waals surface area contributed by atoms with Crippen LogP contribution in [0.2, 0.25) is 0 Å². The summed E-state index contributed by atoms with van der Waals surface area (Å²) in [6.45, 7) is 2.83. The summed E-state index contributed by atoms with van der Waals surface area (Å²) >= 11 is 0. The lowest BCUT2D eigenvalue weighted by Gasteiger charge is -2.32. The average molecular weight is 288 g/mol. The number of halogens is 1. The molecule has 1 aliphatic rings. The van der Waals surface area contributed by atoms with E-state index in [0.717, 1.165) is 24.5 Å². The van der Waals surface area contributed by atoms with E-state index < -0.39 is 0 Å². The van der Waals surface area contributed by atoms with E-state index in [4.69, 9.17) is 10.5 Å². The van der Waals surface area contributed by atoms with E-state index in [1.807, 2.05) is 12.1 Å². The molecular weight excluding hydrogens is 271 g/mol. The van der Waals surface area contributed by atoms with E-state index in [1.165, 1.54) is 12.3 Å². The van der Waals surface area contributed by atoms with Crippen molar-refractivity contribution >= 4 is 5.82 Å². The van der Waals surface area contributed by atoms with Crippen molar-refractivity contribution in [2.24, 2.45) is 0 Å². The highest BCUT2D eigenvalue weighted by Crippen LogP contribution is 2.22. The van der Waals surface area contributed by atoms with Gasteiger partial charge in [-0.2, -0.15) is 0 Å². The Morgan fingerprint density at radius 3 is 3.00 bits per heavy atom. The Bertz CT molecular complexity index is 605. The van der Waals surface area contributed by atoms with Gasteiger partial charge in [0.25, 0.3) is 0 Å². The zero-order valence-corrected chi connectivity index (χ0v) is 11.6. The van der Waals surface area contributed by atoms with Crippen molar-refractivity contribution in [3.8, 4) is 0 Å². The number of anilines is 1. The first-order valence-electron chi connectivity index (χ1n) is 6.87. The summed E-state index contributed by atoms with van der Waals surface area (Å²) in [4.78, 5) is 10.6. The Morgan fingerprint density at radius 2 is 2.24 bits per heavy atom. The molecular formula is C15H17FN4O. The van der Waals surface area contributed by atoms with Crippen LogP contribution in [0.5, 0.6) is 0 Å². The average Bonchev–Trinajstić information content (AvgIpc) is 2.50. The number of hydrogen-bond acceptors (Lipinski definition) is 5. The van der Waals surface area contributed by atoms with Crippen LogP contribution >= 0.6 is 0 Å². The predicted molar refractivity (Wildman–Crippen MR) is 76.8 cm³/mol. The standard InChI is InChI=1S/C15H17FN4O/c16-11-4-5-12(18-8-11)9-20-6-7-21-14(10-20)13-2-1-3-15(17)19-13/h1-5,8,14H,6-7,9-10H2,(H2,17,19)/t14-/m1/s1. The topological polar surface area (TPSA) is 64.3 Å². The van der Waals surface area contributed by atoms with Gasteiger partial charge < -0.3 is 10.5 Å². The molecule has 0 unspecified atom stereocenters. The van der Waals surface area contributed by atoms with Crippen molar-refractivity contribution in [3.63, 3.8) is 0 Å². The maximum Gasteiger partial charge on any atom is 0.141 e. The zero-order valence-electron chi connectivity index (χ0n) is 11.6. The number of aromatic nitrogens is 2. The van der Waals surface area contributed by atoms with Crippen LogP contribution in [-0.2, 0) is 11.3 Å². The van der Waals surface area contributed by atoms with Crippen LogP contribution in [0.25, 0.3) is 0 Å². The largest absolute Gasteiger partial charge is 0.384 e. The molecule has 21 heavy (non-hydrogen) atoms. The van der Waals surface area contributed by atoms with Crippen molar-refractivity contribution in [3.05, 3.63) is 53.7 Å². The normalized spacial score (nSPS) is 19.6. The molecule has 0 amide bonds. The van der Waals surface area contributed by atoms with Gasteiger partial charge in [0, 0.05) is 19.6 Å². The number of pyridine rings is 2. The van der Waals surface area contributed by atoms with Gasteiger partial charge in [-0.15, -0.1) is 0 Å². The summed E-state index contributed by atoms with van der Waals surface area (Å²) in [5, 5.41) is 0. The molecule has 0 radical (unpaired) electrons. The third kappa shape index (κ3) is 3.53. The second-order valence-corrected chi connectivity index (χ2v) is 5.05. The fraction of sp³-hybridized carbons (Fsp3) is 0.333. The molecule has 1 aliphatic heterocycles. The fourth-order valence-corrected chi connectivity index (χ4v) is 2.40. The molecule has 1 saturated heterocycles. The Morgan fingerprint density at radius 1 is 1.33 bits per heavy atom. The molecule has 5 nitrogen and oxygen atoms in total. The maximum atomic E-state index is 12.9. The van der Waals surface area contributed by atoms with Gasteiger partial charge in [-0.1, -0.05) is 6.07 Å². The van der Waals surface area contributed by atoms with Crippen molar-refractivity contribution in [2.45, 2.75) is 12.6 Å². The van der Waals surface area contributed by atoms with Gasteiger partial charge in [-0.3, -0.25) is 9.88 Å². The first-order valence-corrected chi connectivity index (χ1v) is 6.87. The molecule has 6 heteroatoms. The number of ether oxygens (including phenoxy) is 1. The molecule has 1 fully saturated rings. The van der Waals surface area contributed by atoms with E-state index in [1.54, 1.807) is 12.1 Å². The van der Waals surface area contributed by atoms with E-state index in [9.17, 15) is 4.39 Å². The summed E-state index contributed by atoms with van der Waals surface area (Å²) in [5.41, 5.74) is 7.40. The van der Waals surface area contributed by atoms with Gasteiger partial charge in [0.15, 0.2) is 0 Å². The van der Waals surface area contributed by atoms with Gasteiger partial charge in [0.2, 0.25) is 0 Å². The second-order valence-electron chi connectivity index (χ2n) is 5.05. The van der Waals surface area contributed by atoms with E-state index >= 15 is 0 Å². The lowest BCUT2D eigenvalue weighted by atomic mass is 10.1. The Kier molecular flexibility index (Phi) is 4.08. The number of nitrogens with two attached hydrogens (primary N) is 1. The van der Waals surface area contributed by atoms with Crippen molar-refractivity contribution in [2.75, 3.05) is 25.4 Å². The number of nitrogen functional groups attached to an aromatic ring is 1. The quantitative estimate of drug-likeness (QED) is 0.932. The summed E-state index contributed by atoms with van der Waals surface area (Å²) in [6.07, 6.45) is 1.15. The van der Waals surface area contributed by atoms with Gasteiger partial charge in [0.05, 0.1) is 24.2 Å². The molecule has 0 aromatic carbocycles. The van der Waals surface area contributed by atoms with Gasteiger partial charge in [0.1, 0.15) is 17.7 Å². The summed E-state index contributed by atoms with van der Waals surface area (Å²) in [7, 11) is 0. The first-order chi connectivity index (χ1) is 10.2. The second kappa shape index (κ2) is 6.15. The third-order valence-electron chi connectivity index (χ3n) is 3.45. The minimum absolute atomic E-state index is 0.0947. The number of hydrogen-bond donors (Lipinski definition) is 1. The number of morpholine rings is 1. The Balaban J connectivity index is 1.67. The van der Waals surface area contributed by atoms with Crippen LogP contribution in [0.15, 0.2) is 36.5 Å². The maximum absolute atomic E-state index is 12.9. The monoisotopic (exact) mass is 288 g/mol. The highest BCUT2D eigenvalue weighted by molar-refractivity contribution is 5.29. The van der Waals surface area contributed by atoms with Crippen LogP contribution in [0.4, 0.5) is 10.2 Å². The molecule has 2 aromatic heterocycles. The van der Waals surface area contributed by atoms with E-state index in [0.29, 0.717) is 19.0 Å². The molecule has 3 rings (SSSR count). The molecule has 2 N–H and O–H groups in total. The predicted octanol–water partition coefficient (Wildman–Crippen LogP) is 1.77.